The highest BCUT2D eigenvalue weighted by molar-refractivity contribution is 8.14. The number of rotatable bonds is 6. The van der Waals surface area contributed by atoms with Crippen LogP contribution in [0, 0.1) is 0 Å². The van der Waals surface area contributed by atoms with Crippen molar-refractivity contribution in [2.75, 3.05) is 13.1 Å². The molecule has 0 aromatic carbocycles. The second kappa shape index (κ2) is 7.99. The molecule has 8 nitrogen and oxygen atoms in total. The Kier molecular flexibility index (Phi) is 6.63. The van der Waals surface area contributed by atoms with E-state index in [0.29, 0.717) is 25.9 Å². The van der Waals surface area contributed by atoms with Crippen LogP contribution in [0.3, 0.4) is 0 Å². The number of thioether (sulfide) groups is 1. The number of likely N-dealkylation sites (tertiary alicyclic amines) is 1. The number of hydrogen-bond acceptors (Lipinski definition) is 6. The summed E-state index contributed by atoms with van der Waals surface area (Å²) in [6, 6.07) is -0.911. The van der Waals surface area contributed by atoms with Crippen LogP contribution < -0.4 is 11.5 Å². The van der Waals surface area contributed by atoms with Crippen molar-refractivity contribution in [3.63, 3.8) is 0 Å². The van der Waals surface area contributed by atoms with Gasteiger partial charge in [0.05, 0.1) is 0 Å². The van der Waals surface area contributed by atoms with Crippen molar-refractivity contribution in [3.05, 3.63) is 0 Å². The van der Waals surface area contributed by atoms with Crippen LogP contribution in [0.1, 0.15) is 26.2 Å². The Hall–Kier alpha value is -1.61. The maximum atomic E-state index is 11.8. The summed E-state index contributed by atoms with van der Waals surface area (Å²) < 4.78 is 0. The molecule has 118 valence electrons. The van der Waals surface area contributed by atoms with Gasteiger partial charge in [0.25, 0.3) is 0 Å². The van der Waals surface area contributed by atoms with Gasteiger partial charge in [0.15, 0.2) is 11.1 Å². The summed E-state index contributed by atoms with van der Waals surface area (Å²) in [5, 5.41) is 8.50. The smallest absolute Gasteiger partial charge is 0.320 e. The number of nitrogens with two attached hydrogens (primary N) is 2. The highest BCUT2D eigenvalue weighted by Gasteiger charge is 2.32. The van der Waals surface area contributed by atoms with Crippen LogP contribution in [0.4, 0.5) is 0 Å². The average Bonchev–Trinajstić information content (AvgIpc) is 2.73. The molecule has 0 radical (unpaired) electrons. The number of amides is 1. The second-order valence-electron chi connectivity index (χ2n) is 4.77. The third kappa shape index (κ3) is 5.72. The van der Waals surface area contributed by atoms with Crippen LogP contribution in [0.5, 0.6) is 0 Å². The Morgan fingerprint density at radius 2 is 2.24 bits per heavy atom. The van der Waals surface area contributed by atoms with Crippen molar-refractivity contribution in [1.82, 2.24) is 4.90 Å². The topological polar surface area (TPSA) is 139 Å². The largest absolute Gasteiger partial charge is 0.480 e. The van der Waals surface area contributed by atoms with Crippen molar-refractivity contribution in [2.45, 2.75) is 37.5 Å². The lowest BCUT2D eigenvalue weighted by molar-refractivity contribution is -0.138. The van der Waals surface area contributed by atoms with Crippen molar-refractivity contribution < 1.29 is 19.5 Å². The lowest BCUT2D eigenvalue weighted by Gasteiger charge is -2.15. The lowest BCUT2D eigenvalue weighted by Crippen LogP contribution is -2.39. The molecule has 21 heavy (non-hydrogen) atoms. The molecule has 2 unspecified atom stereocenters. The zero-order valence-corrected chi connectivity index (χ0v) is 12.6. The molecule has 1 amide bonds. The van der Waals surface area contributed by atoms with Gasteiger partial charge in [-0.25, -0.2) is 0 Å². The fourth-order valence-electron chi connectivity index (χ4n) is 1.92. The lowest BCUT2D eigenvalue weighted by atomic mass is 10.2. The highest BCUT2D eigenvalue weighted by Crippen LogP contribution is 2.23. The summed E-state index contributed by atoms with van der Waals surface area (Å²) in [5.74, 6) is -1.10. The van der Waals surface area contributed by atoms with Crippen molar-refractivity contribution in [3.8, 4) is 0 Å². The number of nitrogens with zero attached hydrogens (tertiary/aromatic N) is 2. The first-order valence-corrected chi connectivity index (χ1v) is 7.45. The molecular weight excluding hydrogens is 296 g/mol. The van der Waals surface area contributed by atoms with Crippen LogP contribution >= 0.6 is 11.8 Å². The minimum Gasteiger partial charge on any atom is -0.480 e. The van der Waals surface area contributed by atoms with E-state index in [1.165, 1.54) is 11.8 Å². The summed E-state index contributed by atoms with van der Waals surface area (Å²) >= 11 is 1.13. The Labute approximate surface area is 126 Å². The first-order chi connectivity index (χ1) is 9.81. The number of carbonyl (C=O) groups is 3. The minimum absolute atomic E-state index is 0.0344. The summed E-state index contributed by atoms with van der Waals surface area (Å²) in [7, 11) is 0. The average molecular weight is 316 g/mol. The summed E-state index contributed by atoms with van der Waals surface area (Å²) in [5.41, 5.74) is 11.1. The molecule has 0 aliphatic carbocycles. The first kappa shape index (κ1) is 17.4. The van der Waals surface area contributed by atoms with Gasteiger partial charge in [-0.3, -0.25) is 24.3 Å². The molecule has 1 heterocycles. The van der Waals surface area contributed by atoms with Crippen molar-refractivity contribution in [1.29, 1.82) is 0 Å². The van der Waals surface area contributed by atoms with E-state index in [-0.39, 0.29) is 28.7 Å². The molecule has 1 fully saturated rings. The van der Waals surface area contributed by atoms with Crippen LogP contribution in [-0.4, -0.2) is 57.3 Å². The Morgan fingerprint density at radius 1 is 1.57 bits per heavy atom. The predicted molar refractivity (Wildman–Crippen MR) is 79.7 cm³/mol. The molecule has 0 aromatic heterocycles. The number of guanidine groups is 1. The zero-order valence-electron chi connectivity index (χ0n) is 11.8. The molecule has 0 spiro atoms. The van der Waals surface area contributed by atoms with Gasteiger partial charge in [0, 0.05) is 31.7 Å². The predicted octanol–water partition coefficient (Wildman–Crippen LogP) is -0.626. The fraction of sp³-hybridized carbons (Fsp3) is 0.667. The fourth-order valence-corrected chi connectivity index (χ4v) is 2.84. The van der Waals surface area contributed by atoms with Crippen molar-refractivity contribution >= 4 is 34.7 Å². The first-order valence-electron chi connectivity index (χ1n) is 6.57. The minimum atomic E-state index is -1.05. The Bertz CT molecular complexity index is 455. The van der Waals surface area contributed by atoms with E-state index in [9.17, 15) is 14.4 Å². The molecule has 9 heteroatoms. The van der Waals surface area contributed by atoms with Crippen molar-refractivity contribution in [2.24, 2.45) is 16.5 Å². The van der Waals surface area contributed by atoms with E-state index in [0.717, 1.165) is 11.8 Å². The SMILES string of the molecule is CC(=O)SC1CC(=O)N(C(N)=NCCCC(N)C(=O)O)C1. The van der Waals surface area contributed by atoms with E-state index in [2.05, 4.69) is 4.99 Å². The summed E-state index contributed by atoms with van der Waals surface area (Å²) in [4.78, 5) is 38.8. The Morgan fingerprint density at radius 3 is 2.81 bits per heavy atom. The molecule has 0 saturated carbocycles. The zero-order chi connectivity index (χ0) is 16.0. The van der Waals surface area contributed by atoms with Gasteiger partial charge < -0.3 is 16.6 Å². The molecule has 1 saturated heterocycles. The van der Waals surface area contributed by atoms with Crippen LogP contribution in [0.25, 0.3) is 0 Å². The molecule has 5 N–H and O–H groups in total. The van der Waals surface area contributed by atoms with Gasteiger partial charge in [0.1, 0.15) is 6.04 Å². The Balaban J connectivity index is 2.42. The number of aliphatic imine (C=N–C) groups is 1. The number of carbonyl (C=O) groups excluding carboxylic acids is 2. The third-order valence-corrected chi connectivity index (χ3v) is 3.94. The van der Waals surface area contributed by atoms with E-state index >= 15 is 0 Å². The van der Waals surface area contributed by atoms with E-state index in [4.69, 9.17) is 16.6 Å². The number of aliphatic carboxylic acids is 1. The number of hydrogen-bond donors (Lipinski definition) is 3. The quantitative estimate of drug-likeness (QED) is 0.337. The van der Waals surface area contributed by atoms with Gasteiger partial charge in [-0.15, -0.1) is 0 Å². The van der Waals surface area contributed by atoms with Gasteiger partial charge in [-0.1, -0.05) is 11.8 Å². The molecule has 0 bridgehead atoms. The van der Waals surface area contributed by atoms with Gasteiger partial charge in [0.2, 0.25) is 5.91 Å². The van der Waals surface area contributed by atoms with Gasteiger partial charge in [-0.05, 0) is 12.8 Å². The van der Waals surface area contributed by atoms with Crippen LogP contribution in [0.2, 0.25) is 0 Å². The molecule has 1 aliphatic heterocycles. The monoisotopic (exact) mass is 316 g/mol. The third-order valence-electron chi connectivity index (χ3n) is 2.96. The maximum Gasteiger partial charge on any atom is 0.320 e. The van der Waals surface area contributed by atoms with E-state index in [1.54, 1.807) is 0 Å². The summed E-state index contributed by atoms with van der Waals surface area (Å²) in [6.07, 6.45) is 1.04. The second-order valence-corrected chi connectivity index (χ2v) is 6.24. The highest BCUT2D eigenvalue weighted by atomic mass is 32.2. The molecular formula is C12H20N4O4S. The number of carboxylic acids is 1. The molecule has 1 rings (SSSR count). The van der Waals surface area contributed by atoms with E-state index in [1.807, 2.05) is 0 Å². The molecule has 0 aromatic rings. The maximum absolute atomic E-state index is 11.8. The van der Waals surface area contributed by atoms with Gasteiger partial charge >= 0.3 is 5.97 Å². The van der Waals surface area contributed by atoms with Gasteiger partial charge in [-0.2, -0.15) is 0 Å². The number of carboxylic acid groups (broad SMARTS) is 1. The molecule has 2 atom stereocenters. The summed E-state index contributed by atoms with van der Waals surface area (Å²) in [6.45, 7) is 2.13. The molecule has 1 aliphatic rings. The van der Waals surface area contributed by atoms with Crippen LogP contribution in [-0.2, 0) is 14.4 Å². The van der Waals surface area contributed by atoms with E-state index < -0.39 is 12.0 Å². The normalized spacial score (nSPS) is 20.7. The standard InChI is InChI=1S/C12H20N4O4S/c1-7(17)21-8-5-10(18)16(6-8)12(14)15-4-2-3-9(13)11(19)20/h8-9H,2-6,13H2,1H3,(H2,14,15)(H,19,20). The van der Waals surface area contributed by atoms with Crippen LogP contribution in [0.15, 0.2) is 4.99 Å².